The highest BCUT2D eigenvalue weighted by Gasteiger charge is 2.00. The summed E-state index contributed by atoms with van der Waals surface area (Å²) in [5.41, 5.74) is 1.67. The first-order valence-corrected chi connectivity index (χ1v) is 7.93. The molecule has 1 aromatic carbocycles. The van der Waals surface area contributed by atoms with E-state index in [1.54, 1.807) is 20.1 Å². The van der Waals surface area contributed by atoms with E-state index < -0.39 is 0 Å². The van der Waals surface area contributed by atoms with Crippen LogP contribution in [0, 0.1) is 12.7 Å². The van der Waals surface area contributed by atoms with Gasteiger partial charge in [-0.15, -0.1) is 0 Å². The lowest BCUT2D eigenvalue weighted by molar-refractivity contribution is 0.192. The van der Waals surface area contributed by atoms with Gasteiger partial charge in [0.2, 0.25) is 0 Å². The molecule has 0 aliphatic rings. The van der Waals surface area contributed by atoms with Gasteiger partial charge in [-0.1, -0.05) is 12.1 Å². The van der Waals surface area contributed by atoms with E-state index in [1.165, 1.54) is 6.07 Å². The molecule has 124 valence electrons. The van der Waals surface area contributed by atoms with Crippen LogP contribution in [0.3, 0.4) is 0 Å². The minimum absolute atomic E-state index is 0.172. The fourth-order valence-corrected chi connectivity index (χ4v) is 2.07. The maximum atomic E-state index is 13.2. The number of ether oxygens (including phenoxy) is 1. The predicted octanol–water partition coefficient (Wildman–Crippen LogP) is 3.01. The van der Waals surface area contributed by atoms with Crippen LogP contribution in [0.4, 0.5) is 4.39 Å². The van der Waals surface area contributed by atoms with E-state index >= 15 is 0 Å². The molecule has 0 spiro atoms. The molecule has 0 unspecified atom stereocenters. The Morgan fingerprint density at radius 3 is 2.73 bits per heavy atom. The van der Waals surface area contributed by atoms with E-state index in [2.05, 4.69) is 15.6 Å². The van der Waals surface area contributed by atoms with Gasteiger partial charge in [0.25, 0.3) is 0 Å². The van der Waals surface area contributed by atoms with Crippen LogP contribution in [0.5, 0.6) is 0 Å². The van der Waals surface area contributed by atoms with E-state index in [0.717, 1.165) is 50.5 Å². The summed E-state index contributed by atoms with van der Waals surface area (Å²) in [5, 5.41) is 6.54. The summed E-state index contributed by atoms with van der Waals surface area (Å²) in [6.07, 6.45) is 3.31. The lowest BCUT2D eigenvalue weighted by atomic mass is 10.1. The van der Waals surface area contributed by atoms with Crippen molar-refractivity contribution < 1.29 is 9.13 Å². The van der Waals surface area contributed by atoms with E-state index in [0.29, 0.717) is 12.1 Å². The van der Waals surface area contributed by atoms with Crippen molar-refractivity contribution in [2.24, 2.45) is 4.99 Å². The van der Waals surface area contributed by atoms with Gasteiger partial charge >= 0.3 is 0 Å². The molecule has 0 aliphatic carbocycles. The molecule has 0 aromatic heterocycles. The highest BCUT2D eigenvalue weighted by atomic mass is 19.1. The fraction of sp³-hybridized carbons (Fsp3) is 0.588. The smallest absolute Gasteiger partial charge is 0.191 e. The van der Waals surface area contributed by atoms with Gasteiger partial charge in [0, 0.05) is 26.8 Å². The number of guanidine groups is 1. The number of nitrogens with zero attached hydrogens (tertiary/aromatic N) is 1. The molecule has 0 atom stereocenters. The quantitative estimate of drug-likeness (QED) is 0.419. The van der Waals surface area contributed by atoms with Gasteiger partial charge in [-0.25, -0.2) is 9.38 Å². The second kappa shape index (κ2) is 11.0. The van der Waals surface area contributed by atoms with Crippen LogP contribution in [0.2, 0.25) is 0 Å². The van der Waals surface area contributed by atoms with Crippen LogP contribution in [0.15, 0.2) is 23.2 Å². The number of hydrogen-bond donors (Lipinski definition) is 2. The van der Waals surface area contributed by atoms with Crippen LogP contribution in [0.25, 0.3) is 0 Å². The van der Waals surface area contributed by atoms with E-state index in [4.69, 9.17) is 4.74 Å². The van der Waals surface area contributed by atoms with Gasteiger partial charge in [0.15, 0.2) is 5.96 Å². The maximum absolute atomic E-state index is 13.2. The van der Waals surface area contributed by atoms with Crippen LogP contribution in [-0.4, -0.2) is 32.8 Å². The predicted molar refractivity (Wildman–Crippen MR) is 89.7 cm³/mol. The largest absolute Gasteiger partial charge is 0.385 e. The average Bonchev–Trinajstić information content (AvgIpc) is 2.51. The first-order valence-electron chi connectivity index (χ1n) is 7.93. The number of aryl methyl sites for hydroxylation is 1. The third-order valence-electron chi connectivity index (χ3n) is 3.30. The molecule has 4 nitrogen and oxygen atoms in total. The fourth-order valence-electron chi connectivity index (χ4n) is 2.07. The number of nitrogens with one attached hydrogen (secondary N) is 2. The number of rotatable bonds is 9. The van der Waals surface area contributed by atoms with Crippen LogP contribution in [-0.2, 0) is 11.3 Å². The number of methoxy groups -OCH3 is 1. The third-order valence-corrected chi connectivity index (χ3v) is 3.30. The number of hydrogen-bond acceptors (Lipinski definition) is 2. The third kappa shape index (κ3) is 7.41. The van der Waals surface area contributed by atoms with Crippen molar-refractivity contribution in [1.82, 2.24) is 10.6 Å². The maximum Gasteiger partial charge on any atom is 0.191 e. The van der Waals surface area contributed by atoms with Crippen molar-refractivity contribution in [3.05, 3.63) is 35.1 Å². The van der Waals surface area contributed by atoms with Crippen molar-refractivity contribution in [2.45, 2.75) is 39.7 Å². The molecule has 0 amide bonds. The summed E-state index contributed by atoms with van der Waals surface area (Å²) in [5.74, 6) is 0.630. The zero-order valence-corrected chi connectivity index (χ0v) is 13.9. The molecule has 2 N–H and O–H groups in total. The molecule has 1 rings (SSSR count). The average molecular weight is 309 g/mol. The van der Waals surface area contributed by atoms with Gasteiger partial charge < -0.3 is 15.4 Å². The Balaban J connectivity index is 2.42. The Morgan fingerprint density at radius 2 is 2.05 bits per heavy atom. The van der Waals surface area contributed by atoms with Gasteiger partial charge in [0.05, 0.1) is 6.54 Å². The van der Waals surface area contributed by atoms with Gasteiger partial charge in [-0.05, 0) is 50.3 Å². The normalized spacial score (nSPS) is 11.5. The van der Waals surface area contributed by atoms with Crippen molar-refractivity contribution in [1.29, 1.82) is 0 Å². The number of unbranched alkanes of at least 4 members (excludes halogenated alkanes) is 2. The molecule has 0 heterocycles. The molecule has 22 heavy (non-hydrogen) atoms. The number of halogens is 1. The van der Waals surface area contributed by atoms with Crippen LogP contribution < -0.4 is 10.6 Å². The first-order chi connectivity index (χ1) is 10.7. The molecule has 0 saturated heterocycles. The zero-order valence-electron chi connectivity index (χ0n) is 13.9. The number of aliphatic imine (C=N–C) groups is 1. The minimum atomic E-state index is -0.172. The Hall–Kier alpha value is -1.62. The lowest BCUT2D eigenvalue weighted by Gasteiger charge is -2.11. The summed E-state index contributed by atoms with van der Waals surface area (Å²) >= 11 is 0. The summed E-state index contributed by atoms with van der Waals surface area (Å²) in [4.78, 5) is 4.54. The number of benzene rings is 1. The Morgan fingerprint density at radius 1 is 1.23 bits per heavy atom. The Kier molecular flexibility index (Phi) is 9.23. The minimum Gasteiger partial charge on any atom is -0.385 e. The monoisotopic (exact) mass is 309 g/mol. The first kappa shape index (κ1) is 18.4. The molecule has 0 bridgehead atoms. The topological polar surface area (TPSA) is 45.7 Å². The Labute approximate surface area is 133 Å². The van der Waals surface area contributed by atoms with Crippen molar-refractivity contribution in [3.8, 4) is 0 Å². The van der Waals surface area contributed by atoms with Crippen LogP contribution >= 0.6 is 0 Å². The summed E-state index contributed by atoms with van der Waals surface area (Å²) < 4.78 is 18.3. The second-order valence-electron chi connectivity index (χ2n) is 5.26. The standard InChI is InChI=1S/C17H28FN3O/c1-4-19-17(20-10-6-5-7-11-22-3)21-13-15-8-9-16(18)14(2)12-15/h8-9,12H,4-7,10-11,13H2,1-3H3,(H2,19,20,21). The zero-order chi connectivity index (χ0) is 16.2. The van der Waals surface area contributed by atoms with Crippen molar-refractivity contribution in [2.75, 3.05) is 26.8 Å². The molecule has 0 fully saturated rings. The van der Waals surface area contributed by atoms with E-state index in [1.807, 2.05) is 13.0 Å². The second-order valence-corrected chi connectivity index (χ2v) is 5.26. The van der Waals surface area contributed by atoms with E-state index in [-0.39, 0.29) is 5.82 Å². The molecular formula is C17H28FN3O. The van der Waals surface area contributed by atoms with E-state index in [9.17, 15) is 4.39 Å². The molecule has 1 aromatic rings. The summed E-state index contributed by atoms with van der Waals surface area (Å²) in [6, 6.07) is 5.11. The highest BCUT2D eigenvalue weighted by molar-refractivity contribution is 5.79. The SMILES string of the molecule is CCNC(=NCc1ccc(F)c(C)c1)NCCCCCOC. The highest BCUT2D eigenvalue weighted by Crippen LogP contribution is 2.10. The van der Waals surface area contributed by atoms with Crippen LogP contribution in [0.1, 0.15) is 37.3 Å². The Bertz CT molecular complexity index is 463. The summed E-state index contributed by atoms with van der Waals surface area (Å²) in [7, 11) is 1.73. The van der Waals surface area contributed by atoms with Gasteiger partial charge in [-0.2, -0.15) is 0 Å². The van der Waals surface area contributed by atoms with Crippen molar-refractivity contribution in [3.63, 3.8) is 0 Å². The van der Waals surface area contributed by atoms with Gasteiger partial charge in [-0.3, -0.25) is 0 Å². The molecule has 0 saturated carbocycles. The lowest BCUT2D eigenvalue weighted by Crippen LogP contribution is -2.37. The molecular weight excluding hydrogens is 281 g/mol. The van der Waals surface area contributed by atoms with Crippen molar-refractivity contribution >= 4 is 5.96 Å². The molecule has 5 heteroatoms. The van der Waals surface area contributed by atoms with Gasteiger partial charge in [0.1, 0.15) is 5.82 Å². The summed E-state index contributed by atoms with van der Waals surface area (Å²) in [6.45, 7) is 6.87. The molecule has 0 aliphatic heterocycles. The molecule has 0 radical (unpaired) electrons.